The van der Waals surface area contributed by atoms with Crippen LogP contribution in [0, 0.1) is 5.41 Å². The van der Waals surface area contributed by atoms with E-state index < -0.39 is 0 Å². The maximum Gasteiger partial charge on any atom is 0.00107 e. The monoisotopic (exact) mass is 259 g/mol. The van der Waals surface area contributed by atoms with Gasteiger partial charge in [0.05, 0.1) is 0 Å². The van der Waals surface area contributed by atoms with Gasteiger partial charge in [0, 0.05) is 6.54 Å². The van der Waals surface area contributed by atoms with E-state index in [1.165, 1.54) is 38.5 Å². The van der Waals surface area contributed by atoms with Crippen LogP contribution in [0.3, 0.4) is 0 Å². The summed E-state index contributed by atoms with van der Waals surface area (Å²) >= 11 is 0. The number of hydrogen-bond donors (Lipinski definition) is 1. The van der Waals surface area contributed by atoms with E-state index >= 15 is 0 Å². The lowest BCUT2D eigenvalue weighted by molar-refractivity contribution is 0.248. The van der Waals surface area contributed by atoms with Gasteiger partial charge in [0.1, 0.15) is 0 Å². The maximum atomic E-state index is 3.56. The molecule has 1 heteroatoms. The molecule has 1 aliphatic carbocycles. The van der Waals surface area contributed by atoms with Crippen molar-refractivity contribution in [2.45, 2.75) is 59.3 Å². The fraction of sp³-hybridized carbons (Fsp3) is 0.667. The smallest absolute Gasteiger partial charge is 0.00107 e. The Hall–Kier alpha value is -0.820. The highest BCUT2D eigenvalue weighted by molar-refractivity contribution is 5.35. The lowest BCUT2D eigenvalue weighted by Gasteiger charge is -2.32. The van der Waals surface area contributed by atoms with E-state index in [0.29, 0.717) is 5.41 Å². The third kappa shape index (κ3) is 3.39. The largest absolute Gasteiger partial charge is 0.316 e. The highest BCUT2D eigenvalue weighted by Crippen LogP contribution is 2.32. The fourth-order valence-corrected chi connectivity index (χ4v) is 3.37. The van der Waals surface area contributed by atoms with Gasteiger partial charge < -0.3 is 5.32 Å². The lowest BCUT2D eigenvalue weighted by atomic mass is 9.76. The predicted octanol–water partition coefficient (Wildman–Crippen LogP) is 4.13. The van der Waals surface area contributed by atoms with Gasteiger partial charge in [-0.25, -0.2) is 0 Å². The van der Waals surface area contributed by atoms with Crippen LogP contribution in [-0.2, 0) is 19.3 Å². The van der Waals surface area contributed by atoms with Crippen LogP contribution in [0.1, 0.15) is 56.7 Å². The van der Waals surface area contributed by atoms with Gasteiger partial charge >= 0.3 is 0 Å². The summed E-state index contributed by atoms with van der Waals surface area (Å²) in [6, 6.07) is 7.23. The van der Waals surface area contributed by atoms with Gasteiger partial charge in [-0.2, -0.15) is 0 Å². The van der Waals surface area contributed by atoms with Gasteiger partial charge in [0.25, 0.3) is 0 Å². The van der Waals surface area contributed by atoms with Crippen molar-refractivity contribution in [1.82, 2.24) is 5.32 Å². The average Bonchev–Trinajstić information content (AvgIpc) is 2.91. The Bertz CT molecular complexity index is 404. The Kier molecular flexibility index (Phi) is 5.04. The summed E-state index contributed by atoms with van der Waals surface area (Å²) in [5, 5.41) is 3.56. The molecule has 0 fully saturated rings. The summed E-state index contributed by atoms with van der Waals surface area (Å²) in [6.45, 7) is 9.10. The van der Waals surface area contributed by atoms with Crippen molar-refractivity contribution < 1.29 is 0 Å². The molecule has 1 aromatic rings. The van der Waals surface area contributed by atoms with Gasteiger partial charge in [-0.1, -0.05) is 39.0 Å². The van der Waals surface area contributed by atoms with Crippen LogP contribution in [-0.4, -0.2) is 13.1 Å². The number of benzene rings is 1. The van der Waals surface area contributed by atoms with Crippen molar-refractivity contribution in [1.29, 1.82) is 0 Å². The summed E-state index contributed by atoms with van der Waals surface area (Å²) in [7, 11) is 0. The molecule has 0 radical (unpaired) electrons. The molecule has 1 nitrogen and oxygen atoms in total. The van der Waals surface area contributed by atoms with E-state index in [-0.39, 0.29) is 0 Å². The zero-order valence-electron chi connectivity index (χ0n) is 12.9. The molecule has 0 unspecified atom stereocenters. The minimum Gasteiger partial charge on any atom is -0.316 e. The molecule has 106 valence electrons. The zero-order chi connectivity index (χ0) is 13.7. The second-order valence-electron chi connectivity index (χ2n) is 6.12. The van der Waals surface area contributed by atoms with Gasteiger partial charge in [0.2, 0.25) is 0 Å². The van der Waals surface area contributed by atoms with Crippen LogP contribution in [0.5, 0.6) is 0 Å². The first-order valence-electron chi connectivity index (χ1n) is 8.04. The van der Waals surface area contributed by atoms with Gasteiger partial charge in [-0.15, -0.1) is 0 Å². The summed E-state index contributed by atoms with van der Waals surface area (Å²) in [4.78, 5) is 0. The van der Waals surface area contributed by atoms with Crippen molar-refractivity contribution in [2.75, 3.05) is 13.1 Å². The first-order valence-corrected chi connectivity index (χ1v) is 8.04. The molecule has 0 atom stereocenters. The van der Waals surface area contributed by atoms with Crippen LogP contribution in [0.4, 0.5) is 0 Å². The van der Waals surface area contributed by atoms with E-state index in [0.717, 1.165) is 13.1 Å². The van der Waals surface area contributed by atoms with E-state index in [1.54, 1.807) is 16.7 Å². The van der Waals surface area contributed by atoms with E-state index in [1.807, 2.05) is 0 Å². The Morgan fingerprint density at radius 1 is 1.05 bits per heavy atom. The molecule has 1 aromatic carbocycles. The van der Waals surface area contributed by atoms with E-state index in [4.69, 9.17) is 0 Å². The van der Waals surface area contributed by atoms with Crippen LogP contribution >= 0.6 is 0 Å². The molecule has 2 rings (SSSR count). The third-order valence-electron chi connectivity index (χ3n) is 4.99. The zero-order valence-corrected chi connectivity index (χ0v) is 12.9. The Balaban J connectivity index is 2.12. The molecule has 0 amide bonds. The molecule has 0 aliphatic heterocycles. The Morgan fingerprint density at radius 2 is 1.79 bits per heavy atom. The molecule has 0 bridgehead atoms. The Morgan fingerprint density at radius 3 is 2.47 bits per heavy atom. The van der Waals surface area contributed by atoms with Crippen molar-refractivity contribution in [2.24, 2.45) is 5.41 Å². The predicted molar refractivity (Wildman–Crippen MR) is 83.7 cm³/mol. The summed E-state index contributed by atoms with van der Waals surface area (Å²) < 4.78 is 0. The number of aryl methyl sites for hydroxylation is 2. The molecule has 0 spiro atoms. The molecule has 19 heavy (non-hydrogen) atoms. The first kappa shape index (κ1) is 14.6. The van der Waals surface area contributed by atoms with Crippen LogP contribution < -0.4 is 5.32 Å². The van der Waals surface area contributed by atoms with Crippen molar-refractivity contribution in [3.05, 3.63) is 34.9 Å². The molecule has 0 aromatic heterocycles. The topological polar surface area (TPSA) is 12.0 Å². The van der Waals surface area contributed by atoms with Crippen molar-refractivity contribution >= 4 is 0 Å². The summed E-state index contributed by atoms with van der Waals surface area (Å²) in [5.41, 5.74) is 5.18. The average molecular weight is 259 g/mol. The standard InChI is InChI=1S/C18H29N/c1-4-18(5-2,14-19-6-3)13-15-10-11-16-8-7-9-17(16)12-15/h10-12,19H,4-9,13-14H2,1-3H3. The van der Waals surface area contributed by atoms with Crippen molar-refractivity contribution in [3.63, 3.8) is 0 Å². The number of fused-ring (bicyclic) bond motifs is 1. The molecule has 1 aliphatic rings. The normalized spacial score (nSPS) is 14.7. The second kappa shape index (κ2) is 6.56. The van der Waals surface area contributed by atoms with Gasteiger partial charge in [0.15, 0.2) is 0 Å². The summed E-state index contributed by atoms with van der Waals surface area (Å²) in [6.07, 6.45) is 7.67. The molecule has 0 heterocycles. The maximum absolute atomic E-state index is 3.56. The van der Waals surface area contributed by atoms with Crippen LogP contribution in [0.15, 0.2) is 18.2 Å². The van der Waals surface area contributed by atoms with Gasteiger partial charge in [-0.3, -0.25) is 0 Å². The first-order chi connectivity index (χ1) is 9.23. The second-order valence-corrected chi connectivity index (χ2v) is 6.12. The highest BCUT2D eigenvalue weighted by Gasteiger charge is 2.26. The number of hydrogen-bond acceptors (Lipinski definition) is 1. The molecular weight excluding hydrogens is 230 g/mol. The van der Waals surface area contributed by atoms with E-state index in [2.05, 4.69) is 44.3 Å². The molecule has 1 N–H and O–H groups in total. The van der Waals surface area contributed by atoms with Crippen molar-refractivity contribution in [3.8, 4) is 0 Å². The molecule has 0 saturated carbocycles. The lowest BCUT2D eigenvalue weighted by Crippen LogP contribution is -2.35. The minimum absolute atomic E-state index is 0.433. The molecular formula is C18H29N. The quantitative estimate of drug-likeness (QED) is 0.776. The number of nitrogens with one attached hydrogen (secondary N) is 1. The minimum atomic E-state index is 0.433. The van der Waals surface area contributed by atoms with E-state index in [9.17, 15) is 0 Å². The van der Waals surface area contributed by atoms with Gasteiger partial charge in [-0.05, 0) is 67.2 Å². The third-order valence-corrected chi connectivity index (χ3v) is 4.99. The highest BCUT2D eigenvalue weighted by atomic mass is 14.9. The van der Waals surface area contributed by atoms with Crippen LogP contribution in [0.2, 0.25) is 0 Å². The molecule has 0 saturated heterocycles. The SMILES string of the molecule is CCNCC(CC)(CC)Cc1ccc2c(c1)CCC2. The summed E-state index contributed by atoms with van der Waals surface area (Å²) in [5.74, 6) is 0. The fourth-order valence-electron chi connectivity index (χ4n) is 3.37. The number of rotatable bonds is 7. The Labute approximate surface area is 118 Å². The van der Waals surface area contributed by atoms with Crippen LogP contribution in [0.25, 0.3) is 0 Å².